The van der Waals surface area contributed by atoms with Crippen molar-refractivity contribution in [3.8, 4) is 17.2 Å². The van der Waals surface area contributed by atoms with Crippen LogP contribution < -0.4 is 24.8 Å². The fraction of sp³-hybridized carbons (Fsp3) is 0.136. The SMILES string of the molecule is COc1cc2c(cc1NC(=S)NCc1ccc3c(c1)OCO3)oc1ccccc12. The van der Waals surface area contributed by atoms with Crippen LogP contribution in [0.4, 0.5) is 5.69 Å². The average Bonchev–Trinajstić information content (AvgIpc) is 3.35. The third kappa shape index (κ3) is 3.30. The van der Waals surface area contributed by atoms with Crippen LogP contribution in [0, 0.1) is 0 Å². The van der Waals surface area contributed by atoms with Crippen molar-refractivity contribution in [2.75, 3.05) is 19.2 Å². The molecule has 4 aromatic rings. The summed E-state index contributed by atoms with van der Waals surface area (Å²) in [5.74, 6) is 2.20. The molecule has 7 heteroatoms. The Morgan fingerprint density at radius 2 is 1.86 bits per heavy atom. The summed E-state index contributed by atoms with van der Waals surface area (Å²) in [6.45, 7) is 0.813. The fourth-order valence-electron chi connectivity index (χ4n) is 3.42. The minimum Gasteiger partial charge on any atom is -0.495 e. The van der Waals surface area contributed by atoms with Gasteiger partial charge in [-0.05, 0) is 42.0 Å². The molecule has 146 valence electrons. The summed E-state index contributed by atoms with van der Waals surface area (Å²) in [5.41, 5.74) is 3.39. The topological polar surface area (TPSA) is 64.9 Å². The summed E-state index contributed by atoms with van der Waals surface area (Å²) in [6.07, 6.45) is 0. The van der Waals surface area contributed by atoms with Gasteiger partial charge in [-0.1, -0.05) is 24.3 Å². The van der Waals surface area contributed by atoms with Gasteiger partial charge in [-0.15, -0.1) is 0 Å². The highest BCUT2D eigenvalue weighted by molar-refractivity contribution is 7.80. The molecule has 0 bridgehead atoms. The lowest BCUT2D eigenvalue weighted by atomic mass is 10.1. The van der Waals surface area contributed by atoms with Crippen LogP contribution in [0.15, 0.2) is 59.0 Å². The standard InChI is InChI=1S/C22H18N2O4S/c1-25-20-9-15-14-4-2-3-5-17(14)28-19(15)10-16(20)24-22(29)23-11-13-6-7-18-21(8-13)27-12-26-18/h2-10H,11-12H2,1H3,(H2,23,24,29). The van der Waals surface area contributed by atoms with E-state index in [9.17, 15) is 0 Å². The number of para-hydroxylation sites is 1. The van der Waals surface area contributed by atoms with E-state index in [0.29, 0.717) is 17.4 Å². The molecule has 1 aliphatic rings. The molecule has 29 heavy (non-hydrogen) atoms. The van der Waals surface area contributed by atoms with Gasteiger partial charge in [0.25, 0.3) is 0 Å². The number of benzene rings is 3. The summed E-state index contributed by atoms with van der Waals surface area (Å²) >= 11 is 5.46. The van der Waals surface area contributed by atoms with Crippen molar-refractivity contribution in [1.29, 1.82) is 0 Å². The van der Waals surface area contributed by atoms with Gasteiger partial charge in [-0.2, -0.15) is 0 Å². The van der Waals surface area contributed by atoms with Gasteiger partial charge in [0.05, 0.1) is 12.8 Å². The molecule has 0 aliphatic carbocycles. The predicted octanol–water partition coefficient (Wildman–Crippen LogP) is 4.81. The Balaban J connectivity index is 1.35. The van der Waals surface area contributed by atoms with Crippen LogP contribution in [0.2, 0.25) is 0 Å². The maximum atomic E-state index is 5.96. The maximum Gasteiger partial charge on any atom is 0.231 e. The first kappa shape index (κ1) is 17.6. The number of thiocarbonyl (C=S) groups is 1. The smallest absolute Gasteiger partial charge is 0.231 e. The molecule has 5 rings (SSSR count). The summed E-state index contributed by atoms with van der Waals surface area (Å²) in [6, 6.07) is 17.6. The van der Waals surface area contributed by atoms with E-state index >= 15 is 0 Å². The molecule has 2 N–H and O–H groups in total. The molecule has 0 atom stereocenters. The molecule has 1 aliphatic heterocycles. The Bertz CT molecular complexity index is 1230. The largest absolute Gasteiger partial charge is 0.495 e. The highest BCUT2D eigenvalue weighted by Crippen LogP contribution is 2.36. The number of hydrogen-bond acceptors (Lipinski definition) is 5. The second-order valence-electron chi connectivity index (χ2n) is 6.64. The quantitative estimate of drug-likeness (QED) is 0.472. The van der Waals surface area contributed by atoms with E-state index in [1.165, 1.54) is 0 Å². The van der Waals surface area contributed by atoms with E-state index in [1.54, 1.807) is 7.11 Å². The maximum absolute atomic E-state index is 5.96. The molecule has 0 saturated heterocycles. The number of anilines is 1. The van der Waals surface area contributed by atoms with E-state index < -0.39 is 0 Å². The lowest BCUT2D eigenvalue weighted by Crippen LogP contribution is -2.28. The van der Waals surface area contributed by atoms with Crippen LogP contribution in [-0.2, 0) is 6.54 Å². The van der Waals surface area contributed by atoms with Crippen LogP contribution in [0.25, 0.3) is 21.9 Å². The van der Waals surface area contributed by atoms with E-state index in [-0.39, 0.29) is 6.79 Å². The lowest BCUT2D eigenvalue weighted by molar-refractivity contribution is 0.174. The molecule has 0 radical (unpaired) electrons. The van der Waals surface area contributed by atoms with Gasteiger partial charge >= 0.3 is 0 Å². The van der Waals surface area contributed by atoms with Crippen LogP contribution in [-0.4, -0.2) is 19.0 Å². The summed E-state index contributed by atoms with van der Waals surface area (Å²) in [7, 11) is 1.64. The summed E-state index contributed by atoms with van der Waals surface area (Å²) < 4.78 is 22.3. The van der Waals surface area contributed by atoms with Crippen molar-refractivity contribution < 1.29 is 18.6 Å². The number of hydrogen-bond donors (Lipinski definition) is 2. The number of fused-ring (bicyclic) bond motifs is 4. The van der Waals surface area contributed by atoms with Crippen molar-refractivity contribution in [3.63, 3.8) is 0 Å². The van der Waals surface area contributed by atoms with E-state index in [1.807, 2.05) is 54.6 Å². The second-order valence-corrected chi connectivity index (χ2v) is 7.05. The third-order valence-electron chi connectivity index (χ3n) is 4.84. The van der Waals surface area contributed by atoms with Gasteiger partial charge in [0.2, 0.25) is 6.79 Å². The molecule has 6 nitrogen and oxygen atoms in total. The first-order valence-corrected chi connectivity index (χ1v) is 9.55. The van der Waals surface area contributed by atoms with Crippen LogP contribution in [0.1, 0.15) is 5.56 Å². The zero-order chi connectivity index (χ0) is 19.8. The highest BCUT2D eigenvalue weighted by atomic mass is 32.1. The molecule has 0 saturated carbocycles. The van der Waals surface area contributed by atoms with Gasteiger partial charge in [0.15, 0.2) is 16.6 Å². The first-order chi connectivity index (χ1) is 14.2. The second kappa shape index (κ2) is 7.18. The Hall–Kier alpha value is -3.45. The third-order valence-corrected chi connectivity index (χ3v) is 5.08. The minimum atomic E-state index is 0.260. The van der Waals surface area contributed by atoms with E-state index in [0.717, 1.165) is 44.7 Å². The zero-order valence-electron chi connectivity index (χ0n) is 15.7. The predicted molar refractivity (Wildman–Crippen MR) is 116 cm³/mol. The molecule has 0 spiro atoms. The van der Waals surface area contributed by atoms with Crippen LogP contribution >= 0.6 is 12.2 Å². The average molecular weight is 406 g/mol. The van der Waals surface area contributed by atoms with Crippen LogP contribution in [0.3, 0.4) is 0 Å². The summed E-state index contributed by atoms with van der Waals surface area (Å²) in [4.78, 5) is 0. The molecule has 3 aromatic carbocycles. The van der Waals surface area contributed by atoms with Gasteiger partial charge in [-0.3, -0.25) is 0 Å². The van der Waals surface area contributed by atoms with Crippen molar-refractivity contribution >= 4 is 45.0 Å². The van der Waals surface area contributed by atoms with Gasteiger partial charge in [-0.25, -0.2) is 0 Å². The molecule has 0 unspecified atom stereocenters. The summed E-state index contributed by atoms with van der Waals surface area (Å²) in [5, 5.41) is 8.94. The molecule has 0 fully saturated rings. The Labute approximate surface area is 172 Å². The number of methoxy groups -OCH3 is 1. The van der Waals surface area contributed by atoms with Crippen molar-refractivity contribution in [2.45, 2.75) is 6.54 Å². The van der Waals surface area contributed by atoms with Crippen molar-refractivity contribution in [1.82, 2.24) is 5.32 Å². The number of furan rings is 1. The molecular weight excluding hydrogens is 388 g/mol. The molecule has 1 aromatic heterocycles. The van der Waals surface area contributed by atoms with Gasteiger partial charge < -0.3 is 29.3 Å². The highest BCUT2D eigenvalue weighted by Gasteiger charge is 2.15. The fourth-order valence-corrected chi connectivity index (χ4v) is 3.60. The number of ether oxygens (including phenoxy) is 3. The van der Waals surface area contributed by atoms with E-state index in [2.05, 4.69) is 10.6 Å². The first-order valence-electron chi connectivity index (χ1n) is 9.14. The normalized spacial score (nSPS) is 12.3. The van der Waals surface area contributed by atoms with Gasteiger partial charge in [0, 0.05) is 23.4 Å². The Morgan fingerprint density at radius 3 is 2.76 bits per heavy atom. The zero-order valence-corrected chi connectivity index (χ0v) is 16.5. The number of rotatable bonds is 4. The molecule has 2 heterocycles. The lowest BCUT2D eigenvalue weighted by Gasteiger charge is -2.14. The van der Waals surface area contributed by atoms with Crippen LogP contribution in [0.5, 0.6) is 17.2 Å². The van der Waals surface area contributed by atoms with Gasteiger partial charge in [0.1, 0.15) is 16.9 Å². The Kier molecular flexibility index (Phi) is 4.37. The number of nitrogens with one attached hydrogen (secondary N) is 2. The Morgan fingerprint density at radius 1 is 1.00 bits per heavy atom. The minimum absolute atomic E-state index is 0.260. The van der Waals surface area contributed by atoms with Crippen molar-refractivity contribution in [2.24, 2.45) is 0 Å². The monoisotopic (exact) mass is 406 g/mol. The van der Waals surface area contributed by atoms with E-state index in [4.69, 9.17) is 30.8 Å². The van der Waals surface area contributed by atoms with Crippen molar-refractivity contribution in [3.05, 3.63) is 60.2 Å². The molecule has 0 amide bonds. The molecular formula is C22H18N2O4S.